The lowest BCUT2D eigenvalue weighted by Crippen LogP contribution is -2.28. The number of hydrogen-bond acceptors (Lipinski definition) is 4. The molecule has 0 atom stereocenters. The van der Waals surface area contributed by atoms with Gasteiger partial charge >= 0.3 is 0 Å². The van der Waals surface area contributed by atoms with Gasteiger partial charge in [-0.05, 0) is 30.1 Å². The lowest BCUT2D eigenvalue weighted by Gasteiger charge is -2.20. The highest BCUT2D eigenvalue weighted by Gasteiger charge is 2.25. The van der Waals surface area contributed by atoms with E-state index in [0.29, 0.717) is 13.2 Å². The number of benzene rings is 1. The summed E-state index contributed by atoms with van der Waals surface area (Å²) in [4.78, 5) is 2.09. The largest absolute Gasteiger partial charge is 0.312 e. The summed E-state index contributed by atoms with van der Waals surface area (Å²) in [5.41, 5.74) is 2.57. The minimum atomic E-state index is 0.333. The molecule has 4 nitrogen and oxygen atoms in total. The first-order valence-corrected chi connectivity index (χ1v) is 6.75. The van der Waals surface area contributed by atoms with Crippen molar-refractivity contribution in [2.45, 2.75) is 12.8 Å². The Kier molecular flexibility index (Phi) is 3.51. The Morgan fingerprint density at radius 1 is 1.20 bits per heavy atom. The number of allylic oxidation sites excluding steroid dienone is 2. The van der Waals surface area contributed by atoms with Crippen LogP contribution in [0.15, 0.2) is 59.4 Å². The molecule has 0 amide bonds. The molecule has 1 aromatic carbocycles. The third kappa shape index (κ3) is 2.57. The topological polar surface area (TPSA) is 42.6 Å². The van der Waals surface area contributed by atoms with Crippen LogP contribution >= 0.6 is 0 Å². The normalized spacial score (nSPS) is 16.6. The molecule has 0 unspecified atom stereocenters. The summed E-state index contributed by atoms with van der Waals surface area (Å²) in [6, 6.07) is 12.6. The monoisotopic (exact) mass is 264 g/mol. The van der Waals surface area contributed by atoms with E-state index in [4.69, 9.17) is 5.26 Å². The van der Waals surface area contributed by atoms with Gasteiger partial charge in [-0.2, -0.15) is 10.4 Å². The van der Waals surface area contributed by atoms with Gasteiger partial charge in [0, 0.05) is 6.20 Å². The highest BCUT2D eigenvalue weighted by Crippen LogP contribution is 2.22. The lowest BCUT2D eigenvalue weighted by atomic mass is 10.0. The van der Waals surface area contributed by atoms with Crippen LogP contribution in [0.5, 0.6) is 0 Å². The second-order valence-corrected chi connectivity index (χ2v) is 4.88. The summed E-state index contributed by atoms with van der Waals surface area (Å²) in [7, 11) is 0. The average Bonchev–Trinajstić information content (AvgIpc) is 2.89. The van der Waals surface area contributed by atoms with Gasteiger partial charge in [0.05, 0.1) is 6.07 Å². The number of fused-ring (bicyclic) bond motifs is 1. The fourth-order valence-corrected chi connectivity index (χ4v) is 2.46. The molecule has 0 N–H and O–H groups in total. The highest BCUT2D eigenvalue weighted by atomic mass is 15.6. The van der Waals surface area contributed by atoms with Crippen LogP contribution in [0.2, 0.25) is 0 Å². The molecule has 0 aromatic heterocycles. The van der Waals surface area contributed by atoms with Crippen LogP contribution in [-0.2, 0) is 6.42 Å². The Hall–Kier alpha value is -2.54. The van der Waals surface area contributed by atoms with Crippen LogP contribution in [-0.4, -0.2) is 29.0 Å². The van der Waals surface area contributed by atoms with Gasteiger partial charge in [0.25, 0.3) is 0 Å². The summed E-state index contributed by atoms with van der Waals surface area (Å²) in [5, 5.41) is 15.1. The van der Waals surface area contributed by atoms with Crippen LogP contribution in [0.1, 0.15) is 12.0 Å². The zero-order valence-electron chi connectivity index (χ0n) is 11.2. The second kappa shape index (κ2) is 5.62. The molecule has 0 bridgehead atoms. The van der Waals surface area contributed by atoms with E-state index in [0.717, 1.165) is 18.7 Å². The number of amidine groups is 1. The maximum absolute atomic E-state index is 8.77. The minimum Gasteiger partial charge on any atom is -0.312 e. The summed E-state index contributed by atoms with van der Waals surface area (Å²) in [6.07, 6.45) is 8.15. The maximum atomic E-state index is 8.77. The molecular weight excluding hydrogens is 248 g/mol. The number of nitriles is 1. The van der Waals surface area contributed by atoms with Gasteiger partial charge in [0.1, 0.15) is 13.2 Å². The molecule has 0 spiro atoms. The van der Waals surface area contributed by atoms with E-state index in [1.807, 2.05) is 12.3 Å². The zero-order chi connectivity index (χ0) is 13.8. The molecule has 0 radical (unpaired) electrons. The van der Waals surface area contributed by atoms with Gasteiger partial charge in [-0.15, -0.1) is 0 Å². The summed E-state index contributed by atoms with van der Waals surface area (Å²) >= 11 is 0. The van der Waals surface area contributed by atoms with Crippen LogP contribution in [0, 0.1) is 11.3 Å². The van der Waals surface area contributed by atoms with E-state index >= 15 is 0 Å². The van der Waals surface area contributed by atoms with Gasteiger partial charge in [0.2, 0.25) is 0 Å². The van der Waals surface area contributed by atoms with E-state index in [1.54, 1.807) is 5.01 Å². The molecule has 100 valence electrons. The van der Waals surface area contributed by atoms with Crippen LogP contribution < -0.4 is 0 Å². The molecule has 4 heteroatoms. The van der Waals surface area contributed by atoms with Gasteiger partial charge < -0.3 is 4.90 Å². The Labute approximate surface area is 118 Å². The first kappa shape index (κ1) is 12.5. The molecule has 2 heterocycles. The summed E-state index contributed by atoms with van der Waals surface area (Å²) in [5.74, 6) is 0.985. The first-order valence-electron chi connectivity index (χ1n) is 6.75. The number of nitrogens with zero attached hydrogens (tertiary/aromatic N) is 4. The van der Waals surface area contributed by atoms with Gasteiger partial charge in [-0.25, -0.2) is 0 Å². The smallest absolute Gasteiger partial charge is 0.157 e. The van der Waals surface area contributed by atoms with Crippen molar-refractivity contribution in [3.8, 4) is 6.07 Å². The average molecular weight is 264 g/mol. The minimum absolute atomic E-state index is 0.333. The summed E-state index contributed by atoms with van der Waals surface area (Å²) in [6.45, 7) is 1.00. The van der Waals surface area contributed by atoms with E-state index in [9.17, 15) is 0 Å². The lowest BCUT2D eigenvalue weighted by molar-refractivity contribution is 0.291. The van der Waals surface area contributed by atoms with Crippen molar-refractivity contribution in [1.29, 1.82) is 5.26 Å². The van der Waals surface area contributed by atoms with Crippen LogP contribution in [0.4, 0.5) is 0 Å². The van der Waals surface area contributed by atoms with Gasteiger partial charge in [-0.1, -0.05) is 36.4 Å². The Balaban J connectivity index is 1.70. The second-order valence-electron chi connectivity index (χ2n) is 4.88. The molecule has 0 saturated carbocycles. The van der Waals surface area contributed by atoms with Gasteiger partial charge in [-0.3, -0.25) is 5.01 Å². The van der Waals surface area contributed by atoms with Crippen LogP contribution in [0.3, 0.4) is 0 Å². The number of aryl methyl sites for hydroxylation is 1. The molecule has 3 rings (SSSR count). The molecule has 0 aliphatic carbocycles. The van der Waals surface area contributed by atoms with Crippen molar-refractivity contribution in [3.63, 3.8) is 0 Å². The fourth-order valence-electron chi connectivity index (χ4n) is 2.46. The van der Waals surface area contributed by atoms with Gasteiger partial charge in [0.15, 0.2) is 5.84 Å². The van der Waals surface area contributed by atoms with E-state index in [-0.39, 0.29) is 0 Å². The quantitative estimate of drug-likeness (QED) is 0.785. The highest BCUT2D eigenvalue weighted by molar-refractivity contribution is 6.00. The molecule has 20 heavy (non-hydrogen) atoms. The third-order valence-electron chi connectivity index (χ3n) is 3.45. The van der Waals surface area contributed by atoms with Crippen molar-refractivity contribution in [2.24, 2.45) is 5.10 Å². The predicted octanol–water partition coefficient (Wildman–Crippen LogP) is 2.49. The first-order chi connectivity index (χ1) is 9.86. The Morgan fingerprint density at radius 2 is 2.05 bits per heavy atom. The van der Waals surface area contributed by atoms with Crippen molar-refractivity contribution in [2.75, 3.05) is 13.2 Å². The standard InChI is InChI=1S/C16H16N4/c17-10-12-20-13-19-11-4-7-15(16(19)18-20)9-8-14-5-2-1-3-6-14/h1-7,11H,8-9,12-13H2. The van der Waals surface area contributed by atoms with Crippen molar-refractivity contribution in [1.82, 2.24) is 9.91 Å². The molecule has 0 fully saturated rings. The number of hydrazone groups is 1. The van der Waals surface area contributed by atoms with E-state index in [2.05, 4.69) is 52.5 Å². The molecular formula is C16H16N4. The van der Waals surface area contributed by atoms with Crippen molar-refractivity contribution < 1.29 is 0 Å². The Bertz CT molecular complexity index is 607. The molecule has 0 saturated heterocycles. The van der Waals surface area contributed by atoms with E-state index in [1.165, 1.54) is 11.1 Å². The number of hydrogen-bond donors (Lipinski definition) is 0. The SMILES string of the molecule is N#CCN1CN2C=CC=C(CCc3ccccc3)C2=N1. The molecule has 2 aliphatic heterocycles. The maximum Gasteiger partial charge on any atom is 0.157 e. The number of rotatable bonds is 4. The Morgan fingerprint density at radius 3 is 2.85 bits per heavy atom. The third-order valence-corrected chi connectivity index (χ3v) is 3.45. The van der Waals surface area contributed by atoms with Crippen molar-refractivity contribution >= 4 is 5.84 Å². The zero-order valence-corrected chi connectivity index (χ0v) is 11.2. The fraction of sp³-hybridized carbons (Fsp3) is 0.250. The predicted molar refractivity (Wildman–Crippen MR) is 78.4 cm³/mol. The van der Waals surface area contributed by atoms with Crippen LogP contribution in [0.25, 0.3) is 0 Å². The summed E-state index contributed by atoms with van der Waals surface area (Å²) < 4.78 is 0. The molecule has 2 aliphatic rings. The molecule has 1 aromatic rings. The van der Waals surface area contributed by atoms with E-state index < -0.39 is 0 Å². The van der Waals surface area contributed by atoms with Crippen molar-refractivity contribution in [3.05, 3.63) is 59.8 Å².